The third kappa shape index (κ3) is 3.47. The first-order valence-electron chi connectivity index (χ1n) is 7.53. The van der Waals surface area contributed by atoms with Gasteiger partial charge >= 0.3 is 0 Å². The molecule has 1 aliphatic carbocycles. The van der Waals surface area contributed by atoms with Crippen LogP contribution in [0.2, 0.25) is 0 Å². The molecule has 0 saturated heterocycles. The summed E-state index contributed by atoms with van der Waals surface area (Å²) in [6.45, 7) is 6.82. The van der Waals surface area contributed by atoms with Gasteiger partial charge in [0, 0.05) is 12.6 Å². The molecule has 0 radical (unpaired) electrons. The molecule has 1 saturated carbocycles. The lowest BCUT2D eigenvalue weighted by Gasteiger charge is -2.28. The second kappa shape index (κ2) is 6.07. The fourth-order valence-electron chi connectivity index (χ4n) is 3.13. The average Bonchev–Trinajstić information content (AvgIpc) is 2.71. The molecule has 118 valence electrons. The van der Waals surface area contributed by atoms with Crippen molar-refractivity contribution >= 4 is 10.0 Å². The molecule has 4 nitrogen and oxygen atoms in total. The van der Waals surface area contributed by atoms with Gasteiger partial charge in [-0.05, 0) is 49.4 Å². The van der Waals surface area contributed by atoms with Crippen LogP contribution in [-0.2, 0) is 16.6 Å². The zero-order valence-corrected chi connectivity index (χ0v) is 14.2. The van der Waals surface area contributed by atoms with Gasteiger partial charge in [-0.25, -0.2) is 13.1 Å². The topological polar surface area (TPSA) is 58.2 Å². The maximum absolute atomic E-state index is 12.7. The minimum Gasteiger partial charge on any atom is -0.316 e. The van der Waals surface area contributed by atoms with Crippen molar-refractivity contribution in [3.63, 3.8) is 0 Å². The van der Waals surface area contributed by atoms with E-state index >= 15 is 0 Å². The molecule has 1 aromatic rings. The highest BCUT2D eigenvalue weighted by atomic mass is 32.2. The van der Waals surface area contributed by atoms with E-state index in [2.05, 4.69) is 23.9 Å². The van der Waals surface area contributed by atoms with Crippen LogP contribution in [-0.4, -0.2) is 21.5 Å². The molecule has 0 heterocycles. The normalized spacial score (nSPS) is 21.6. The van der Waals surface area contributed by atoms with Gasteiger partial charge in [0.15, 0.2) is 0 Å². The Balaban J connectivity index is 2.30. The van der Waals surface area contributed by atoms with Gasteiger partial charge in [0.25, 0.3) is 0 Å². The minimum atomic E-state index is -3.46. The lowest BCUT2D eigenvalue weighted by atomic mass is 9.88. The van der Waals surface area contributed by atoms with Crippen molar-refractivity contribution in [2.75, 3.05) is 7.05 Å². The maximum Gasteiger partial charge on any atom is 0.241 e. The number of hydrogen-bond donors (Lipinski definition) is 2. The summed E-state index contributed by atoms with van der Waals surface area (Å²) >= 11 is 0. The Morgan fingerprint density at radius 2 is 2.05 bits per heavy atom. The van der Waals surface area contributed by atoms with Crippen molar-refractivity contribution < 1.29 is 8.42 Å². The summed E-state index contributed by atoms with van der Waals surface area (Å²) in [7, 11) is -1.60. The van der Waals surface area contributed by atoms with E-state index in [1.807, 2.05) is 26.1 Å². The summed E-state index contributed by atoms with van der Waals surface area (Å²) in [5.74, 6) is 0. The van der Waals surface area contributed by atoms with Gasteiger partial charge < -0.3 is 5.32 Å². The predicted octanol–water partition coefficient (Wildman–Crippen LogP) is 2.57. The Labute approximate surface area is 128 Å². The van der Waals surface area contributed by atoms with Crippen molar-refractivity contribution in [1.29, 1.82) is 0 Å². The highest BCUT2D eigenvalue weighted by molar-refractivity contribution is 7.89. The predicted molar refractivity (Wildman–Crippen MR) is 85.7 cm³/mol. The van der Waals surface area contributed by atoms with E-state index in [4.69, 9.17) is 0 Å². The van der Waals surface area contributed by atoms with Gasteiger partial charge in [0.05, 0.1) is 4.90 Å². The standard InChI is InChI=1S/C16H26N2O2S/c1-12-13(11-17-4)7-5-8-14(12)21(19,20)18-15-9-6-10-16(15,2)3/h5,7-8,15,17-18H,6,9-11H2,1-4H3. The molecule has 1 aromatic carbocycles. The summed E-state index contributed by atoms with van der Waals surface area (Å²) in [5.41, 5.74) is 1.88. The van der Waals surface area contributed by atoms with Gasteiger partial charge in [-0.3, -0.25) is 0 Å². The zero-order valence-electron chi connectivity index (χ0n) is 13.4. The van der Waals surface area contributed by atoms with Crippen LogP contribution >= 0.6 is 0 Å². The van der Waals surface area contributed by atoms with Gasteiger partial charge in [-0.1, -0.05) is 32.4 Å². The number of nitrogens with one attached hydrogen (secondary N) is 2. The quantitative estimate of drug-likeness (QED) is 0.879. The first-order chi connectivity index (χ1) is 9.78. The molecule has 0 aliphatic heterocycles. The van der Waals surface area contributed by atoms with Crippen LogP contribution in [0, 0.1) is 12.3 Å². The molecular weight excluding hydrogens is 284 g/mol. The van der Waals surface area contributed by atoms with Crippen LogP contribution in [0.5, 0.6) is 0 Å². The molecule has 1 aliphatic rings. The van der Waals surface area contributed by atoms with Crippen molar-refractivity contribution in [3.8, 4) is 0 Å². The first kappa shape index (κ1) is 16.5. The second-order valence-electron chi connectivity index (χ2n) is 6.63. The minimum absolute atomic E-state index is 0.0230. The summed E-state index contributed by atoms with van der Waals surface area (Å²) < 4.78 is 28.4. The van der Waals surface area contributed by atoms with E-state index in [0.717, 1.165) is 30.4 Å². The Morgan fingerprint density at radius 1 is 1.33 bits per heavy atom. The molecule has 2 rings (SSSR count). The molecule has 0 spiro atoms. The molecule has 1 atom stereocenters. The largest absolute Gasteiger partial charge is 0.316 e. The highest BCUT2D eigenvalue weighted by Crippen LogP contribution is 2.38. The van der Waals surface area contributed by atoms with Crippen LogP contribution in [0.25, 0.3) is 0 Å². The van der Waals surface area contributed by atoms with E-state index in [9.17, 15) is 8.42 Å². The summed E-state index contributed by atoms with van der Waals surface area (Å²) in [4.78, 5) is 0.401. The first-order valence-corrected chi connectivity index (χ1v) is 9.02. The van der Waals surface area contributed by atoms with Gasteiger partial charge in [0.2, 0.25) is 10.0 Å². The van der Waals surface area contributed by atoms with Crippen LogP contribution in [0.3, 0.4) is 0 Å². The Kier molecular flexibility index (Phi) is 4.76. The third-order valence-corrected chi connectivity index (χ3v) is 6.22. The number of sulfonamides is 1. The average molecular weight is 310 g/mol. The lowest BCUT2D eigenvalue weighted by molar-refractivity contribution is 0.313. The smallest absolute Gasteiger partial charge is 0.241 e. The van der Waals surface area contributed by atoms with Crippen LogP contribution < -0.4 is 10.0 Å². The zero-order chi connectivity index (χ0) is 15.7. The number of benzene rings is 1. The van der Waals surface area contributed by atoms with Gasteiger partial charge in [-0.15, -0.1) is 0 Å². The van der Waals surface area contributed by atoms with E-state index in [1.165, 1.54) is 0 Å². The SMILES string of the molecule is CNCc1cccc(S(=O)(=O)NC2CCCC2(C)C)c1C. The molecule has 1 fully saturated rings. The molecule has 0 aromatic heterocycles. The van der Waals surface area contributed by atoms with Gasteiger partial charge in [-0.2, -0.15) is 0 Å². The van der Waals surface area contributed by atoms with E-state index in [-0.39, 0.29) is 11.5 Å². The molecule has 0 bridgehead atoms. The van der Waals surface area contributed by atoms with Crippen LogP contribution in [0.1, 0.15) is 44.2 Å². The fourth-order valence-corrected chi connectivity index (χ4v) is 4.86. The fraction of sp³-hybridized carbons (Fsp3) is 0.625. The highest BCUT2D eigenvalue weighted by Gasteiger charge is 2.37. The maximum atomic E-state index is 12.7. The van der Waals surface area contributed by atoms with Crippen LogP contribution in [0.15, 0.2) is 23.1 Å². The van der Waals surface area contributed by atoms with Crippen molar-refractivity contribution in [2.24, 2.45) is 5.41 Å². The molecular formula is C16H26N2O2S. The second-order valence-corrected chi connectivity index (χ2v) is 8.31. The third-order valence-electron chi connectivity index (χ3n) is 4.61. The summed E-state index contributed by atoms with van der Waals surface area (Å²) in [5, 5.41) is 3.07. The van der Waals surface area contributed by atoms with E-state index in [1.54, 1.807) is 6.07 Å². The number of hydrogen-bond acceptors (Lipinski definition) is 3. The summed E-state index contributed by atoms with van der Waals surface area (Å²) in [6.07, 6.45) is 3.07. The van der Waals surface area contributed by atoms with E-state index < -0.39 is 10.0 Å². The number of rotatable bonds is 5. The Hall–Kier alpha value is -0.910. The van der Waals surface area contributed by atoms with Crippen molar-refractivity contribution in [3.05, 3.63) is 29.3 Å². The monoisotopic (exact) mass is 310 g/mol. The van der Waals surface area contributed by atoms with Crippen molar-refractivity contribution in [1.82, 2.24) is 10.0 Å². The Bertz CT molecular complexity index is 609. The molecule has 5 heteroatoms. The van der Waals surface area contributed by atoms with E-state index in [0.29, 0.717) is 11.4 Å². The molecule has 2 N–H and O–H groups in total. The van der Waals surface area contributed by atoms with Gasteiger partial charge in [0.1, 0.15) is 0 Å². The molecule has 0 amide bonds. The van der Waals surface area contributed by atoms with Crippen molar-refractivity contribution in [2.45, 2.75) is 57.5 Å². The lowest BCUT2D eigenvalue weighted by Crippen LogP contribution is -2.41. The summed E-state index contributed by atoms with van der Waals surface area (Å²) in [6, 6.07) is 5.49. The molecule has 21 heavy (non-hydrogen) atoms. The van der Waals surface area contributed by atoms with Crippen LogP contribution in [0.4, 0.5) is 0 Å². The molecule has 1 unspecified atom stereocenters. The Morgan fingerprint density at radius 3 is 2.62 bits per heavy atom.